The first-order chi connectivity index (χ1) is 27.8. The largest absolute Gasteiger partial charge is 0.490 e. The first-order valence-corrected chi connectivity index (χ1v) is 18.3. The maximum absolute atomic E-state index is 13.1. The minimum atomic E-state index is -4.65. The lowest BCUT2D eigenvalue weighted by atomic mass is 10.1. The number of methoxy groups -OCH3 is 1. The molecule has 58 heavy (non-hydrogen) atoms. The summed E-state index contributed by atoms with van der Waals surface area (Å²) in [6.07, 6.45) is -1.68. The van der Waals surface area contributed by atoms with Gasteiger partial charge in [-0.25, -0.2) is 4.79 Å². The first-order valence-electron chi connectivity index (χ1n) is 18.0. The Bertz CT molecular complexity index is 2080. The monoisotopic (exact) mass is 826 g/mol. The number of nitrogens with zero attached hydrogens (tertiary/aromatic N) is 3. The van der Waals surface area contributed by atoms with Gasteiger partial charge >= 0.3 is 30.0 Å². The molecule has 0 radical (unpaired) electrons. The molecule has 0 unspecified atom stereocenters. The Hall–Kier alpha value is -6.21. The van der Waals surface area contributed by atoms with Gasteiger partial charge in [-0.2, -0.15) is 28.1 Å². The molecule has 1 aliphatic heterocycles. The number of nitrogens with one attached hydrogen (secondary N) is 5. The van der Waals surface area contributed by atoms with E-state index in [4.69, 9.17) is 30.5 Å². The fourth-order valence-electron chi connectivity index (χ4n) is 5.75. The van der Waals surface area contributed by atoms with Gasteiger partial charge in [0.15, 0.2) is 6.61 Å². The molecule has 1 saturated carbocycles. The standard InChI is InChI=1S/C38H38ClF3N8O8/c1-55-33(54)29(20-43-31(52)32(53)44-25-10-12-27(13-11-25)58-28-14-18-56-19-15-28)46-30(51)22-2-8-26(9-3-22)45-34-47-35(49-36(48-34)57-21-38(40,41)42)50-37(16-17-37)23-4-6-24(39)7-5-23/h2-13,28-29H,14-21H2,1H3,(H,43,52)(H,44,53)(H,46,51)(H2,45,47,48,49,50)/t29-/m0/s1. The van der Waals surface area contributed by atoms with Crippen LogP contribution in [-0.2, 0) is 29.4 Å². The predicted octanol–water partition coefficient (Wildman–Crippen LogP) is 4.90. The number of anilines is 4. The van der Waals surface area contributed by atoms with Gasteiger partial charge in [0.05, 0.1) is 25.9 Å². The molecule has 5 N–H and O–H groups in total. The zero-order chi connectivity index (χ0) is 41.3. The zero-order valence-corrected chi connectivity index (χ0v) is 31.6. The number of alkyl halides is 3. The predicted molar refractivity (Wildman–Crippen MR) is 203 cm³/mol. The van der Waals surface area contributed by atoms with Crippen molar-refractivity contribution in [3.63, 3.8) is 0 Å². The van der Waals surface area contributed by atoms with E-state index < -0.39 is 60.6 Å². The van der Waals surface area contributed by atoms with Crippen LogP contribution in [0.25, 0.3) is 0 Å². The molecule has 0 spiro atoms. The van der Waals surface area contributed by atoms with Gasteiger partial charge in [0.2, 0.25) is 11.9 Å². The third-order valence-electron chi connectivity index (χ3n) is 8.93. The smallest absolute Gasteiger partial charge is 0.422 e. The summed E-state index contributed by atoms with van der Waals surface area (Å²) < 4.78 is 59.8. The Morgan fingerprint density at radius 3 is 2.17 bits per heavy atom. The Labute approximate surface area is 334 Å². The van der Waals surface area contributed by atoms with E-state index in [1.165, 1.54) is 24.3 Å². The average Bonchev–Trinajstić information content (AvgIpc) is 3.99. The lowest BCUT2D eigenvalue weighted by molar-refractivity contribution is -0.154. The van der Waals surface area contributed by atoms with Crippen LogP contribution in [0.5, 0.6) is 11.8 Å². The highest BCUT2D eigenvalue weighted by atomic mass is 35.5. The first kappa shape index (κ1) is 41.4. The summed E-state index contributed by atoms with van der Waals surface area (Å²) in [6.45, 7) is -0.863. The van der Waals surface area contributed by atoms with Gasteiger partial charge in [-0.15, -0.1) is 0 Å². The molecule has 16 nitrogen and oxygen atoms in total. The van der Waals surface area contributed by atoms with Crippen molar-refractivity contribution in [1.29, 1.82) is 0 Å². The minimum absolute atomic E-state index is 0.0284. The van der Waals surface area contributed by atoms with Crippen LogP contribution in [0, 0.1) is 0 Å². The number of hydrogen-bond acceptors (Lipinski definition) is 13. The number of carbonyl (C=O) groups is 4. The minimum Gasteiger partial charge on any atom is -0.490 e. The Balaban J connectivity index is 1.04. The molecule has 3 aromatic carbocycles. The number of carbonyl (C=O) groups excluding carboxylic acids is 4. The second-order valence-electron chi connectivity index (χ2n) is 13.3. The number of hydrogen-bond donors (Lipinski definition) is 5. The molecular formula is C38H38ClF3N8O8. The van der Waals surface area contributed by atoms with Crippen LogP contribution < -0.4 is 36.1 Å². The normalized spacial score (nSPS) is 15.3. The van der Waals surface area contributed by atoms with Crippen molar-refractivity contribution in [3.05, 3.63) is 88.9 Å². The van der Waals surface area contributed by atoms with E-state index >= 15 is 0 Å². The molecule has 2 aliphatic rings. The maximum atomic E-state index is 13.1. The van der Waals surface area contributed by atoms with Gasteiger partial charge in [-0.1, -0.05) is 23.7 Å². The van der Waals surface area contributed by atoms with Crippen LogP contribution in [0.3, 0.4) is 0 Å². The highest BCUT2D eigenvalue weighted by Gasteiger charge is 2.45. The fraction of sp³-hybridized carbons (Fsp3) is 0.342. The molecule has 0 bridgehead atoms. The van der Waals surface area contributed by atoms with Crippen LogP contribution in [0.15, 0.2) is 72.8 Å². The van der Waals surface area contributed by atoms with Crippen molar-refractivity contribution in [3.8, 4) is 11.8 Å². The van der Waals surface area contributed by atoms with E-state index in [0.717, 1.165) is 25.5 Å². The molecule has 4 aromatic rings. The Morgan fingerprint density at radius 1 is 0.879 bits per heavy atom. The Kier molecular flexibility index (Phi) is 13.1. The van der Waals surface area contributed by atoms with Crippen molar-refractivity contribution in [2.75, 3.05) is 49.4 Å². The van der Waals surface area contributed by atoms with Crippen molar-refractivity contribution < 1.29 is 51.3 Å². The third kappa shape index (κ3) is 11.7. The highest BCUT2D eigenvalue weighted by Crippen LogP contribution is 2.48. The molecule has 1 aromatic heterocycles. The lowest BCUT2D eigenvalue weighted by Crippen LogP contribution is -2.50. The van der Waals surface area contributed by atoms with Crippen LogP contribution in [0.2, 0.25) is 5.02 Å². The molecule has 1 aliphatic carbocycles. The molecule has 20 heteroatoms. The van der Waals surface area contributed by atoms with Gasteiger partial charge in [-0.3, -0.25) is 14.4 Å². The summed E-state index contributed by atoms with van der Waals surface area (Å²) in [6, 6.07) is 17.3. The summed E-state index contributed by atoms with van der Waals surface area (Å²) in [5, 5.41) is 13.8. The number of benzene rings is 3. The highest BCUT2D eigenvalue weighted by molar-refractivity contribution is 6.39. The number of esters is 1. The number of ether oxygens (including phenoxy) is 4. The lowest BCUT2D eigenvalue weighted by Gasteiger charge is -2.23. The van der Waals surface area contributed by atoms with Gasteiger partial charge < -0.3 is 45.5 Å². The van der Waals surface area contributed by atoms with Gasteiger partial charge in [-0.05, 0) is 79.1 Å². The van der Waals surface area contributed by atoms with E-state index in [-0.39, 0.29) is 23.6 Å². The van der Waals surface area contributed by atoms with Crippen LogP contribution in [0.4, 0.5) is 36.4 Å². The van der Waals surface area contributed by atoms with Crippen molar-refractivity contribution in [2.45, 2.75) is 49.5 Å². The second kappa shape index (κ2) is 18.4. The molecular weight excluding hydrogens is 789 g/mol. The number of rotatable bonds is 15. The summed E-state index contributed by atoms with van der Waals surface area (Å²) in [5.74, 6) is -3.28. The van der Waals surface area contributed by atoms with Gasteiger partial charge in [0.25, 0.3) is 5.91 Å². The third-order valence-corrected chi connectivity index (χ3v) is 9.18. The quantitative estimate of drug-likeness (QED) is 0.0801. The Morgan fingerprint density at radius 2 is 1.53 bits per heavy atom. The van der Waals surface area contributed by atoms with Crippen LogP contribution in [0.1, 0.15) is 41.6 Å². The summed E-state index contributed by atoms with van der Waals surface area (Å²) >= 11 is 6.03. The van der Waals surface area contributed by atoms with Crippen molar-refractivity contribution >= 4 is 58.6 Å². The average molecular weight is 827 g/mol. The molecule has 1 saturated heterocycles. The van der Waals surface area contributed by atoms with E-state index in [1.807, 2.05) is 12.1 Å². The van der Waals surface area contributed by atoms with Gasteiger partial charge in [0, 0.05) is 41.3 Å². The summed E-state index contributed by atoms with van der Waals surface area (Å²) in [4.78, 5) is 63.1. The zero-order valence-electron chi connectivity index (χ0n) is 30.9. The maximum Gasteiger partial charge on any atom is 0.422 e. The van der Waals surface area contributed by atoms with Crippen LogP contribution >= 0.6 is 11.6 Å². The van der Waals surface area contributed by atoms with Gasteiger partial charge in [0.1, 0.15) is 17.9 Å². The van der Waals surface area contributed by atoms with E-state index in [2.05, 4.69) is 41.5 Å². The molecule has 3 amide bonds. The molecule has 2 fully saturated rings. The molecule has 2 heterocycles. The van der Waals surface area contributed by atoms with E-state index in [0.29, 0.717) is 48.2 Å². The van der Waals surface area contributed by atoms with E-state index in [9.17, 15) is 32.3 Å². The number of aromatic nitrogens is 3. The number of halogens is 4. The SMILES string of the molecule is COC(=O)[C@H](CNC(=O)C(=O)Nc1ccc(OC2CCOCC2)cc1)NC(=O)c1ccc(Nc2nc(NC3(c4ccc(Cl)cc4)CC3)nc(OCC(F)(F)F)n2)cc1. The topological polar surface area (TPSA) is 204 Å². The molecule has 306 valence electrons. The molecule has 6 rings (SSSR count). The van der Waals surface area contributed by atoms with E-state index in [1.54, 1.807) is 36.4 Å². The fourth-order valence-corrected chi connectivity index (χ4v) is 5.88. The van der Waals surface area contributed by atoms with Crippen molar-refractivity contribution in [1.82, 2.24) is 25.6 Å². The van der Waals surface area contributed by atoms with Crippen molar-refractivity contribution in [2.24, 2.45) is 0 Å². The van der Waals surface area contributed by atoms with Crippen LogP contribution in [-0.4, -0.2) is 90.4 Å². The summed E-state index contributed by atoms with van der Waals surface area (Å²) in [5.41, 5.74) is 1.07. The number of amides is 3. The molecule has 1 atom stereocenters. The summed E-state index contributed by atoms with van der Waals surface area (Å²) in [7, 11) is 1.09. The second-order valence-corrected chi connectivity index (χ2v) is 13.7.